The molecule has 0 saturated heterocycles. The van der Waals surface area contributed by atoms with Crippen LogP contribution in [0, 0.1) is 5.92 Å². The van der Waals surface area contributed by atoms with Gasteiger partial charge >= 0.3 is 0 Å². The quantitative estimate of drug-likeness (QED) is 0.772. The highest BCUT2D eigenvalue weighted by Crippen LogP contribution is 2.18. The van der Waals surface area contributed by atoms with Crippen molar-refractivity contribution in [1.29, 1.82) is 0 Å². The van der Waals surface area contributed by atoms with Crippen LogP contribution in [0.4, 0.5) is 5.69 Å². The number of hydrogen-bond donors (Lipinski definition) is 2. The summed E-state index contributed by atoms with van der Waals surface area (Å²) in [5.41, 5.74) is 8.27. The second kappa shape index (κ2) is 8.22. The van der Waals surface area contributed by atoms with Crippen LogP contribution in [0.25, 0.3) is 0 Å². The standard InChI is InChI=1S/C19H24N2O2/c1-14(2)13-23-18-6-4-3-5-16(18)12-21-19(22)11-15-7-9-17(20)10-8-15/h3-10,14H,11-13,20H2,1-2H3,(H,21,22). The molecule has 0 aliphatic carbocycles. The van der Waals surface area contributed by atoms with E-state index in [2.05, 4.69) is 19.2 Å². The van der Waals surface area contributed by atoms with Crippen molar-refractivity contribution in [2.75, 3.05) is 12.3 Å². The summed E-state index contributed by atoms with van der Waals surface area (Å²) in [7, 11) is 0. The third-order valence-corrected chi connectivity index (χ3v) is 3.37. The molecule has 2 rings (SSSR count). The molecule has 3 N–H and O–H groups in total. The zero-order valence-electron chi connectivity index (χ0n) is 13.7. The Kier molecular flexibility index (Phi) is 6.03. The summed E-state index contributed by atoms with van der Waals surface area (Å²) in [5, 5.41) is 2.94. The Morgan fingerprint density at radius 2 is 1.83 bits per heavy atom. The van der Waals surface area contributed by atoms with Crippen LogP contribution in [0.3, 0.4) is 0 Å². The molecule has 0 saturated carbocycles. The number of nitrogens with one attached hydrogen (secondary N) is 1. The largest absolute Gasteiger partial charge is 0.493 e. The molecular weight excluding hydrogens is 288 g/mol. The summed E-state index contributed by atoms with van der Waals surface area (Å²) in [6, 6.07) is 15.1. The third kappa shape index (κ3) is 5.66. The number of carbonyl (C=O) groups is 1. The maximum atomic E-state index is 12.1. The molecule has 0 unspecified atom stereocenters. The average molecular weight is 312 g/mol. The normalized spacial score (nSPS) is 10.6. The molecule has 0 radical (unpaired) electrons. The smallest absolute Gasteiger partial charge is 0.224 e. The van der Waals surface area contributed by atoms with Crippen LogP contribution in [0.2, 0.25) is 0 Å². The number of para-hydroxylation sites is 1. The molecule has 0 aromatic heterocycles. The maximum absolute atomic E-state index is 12.1. The van der Waals surface area contributed by atoms with Gasteiger partial charge in [-0.2, -0.15) is 0 Å². The molecule has 0 heterocycles. The molecule has 2 aromatic carbocycles. The lowest BCUT2D eigenvalue weighted by molar-refractivity contribution is -0.120. The van der Waals surface area contributed by atoms with Crippen LogP contribution in [-0.2, 0) is 17.8 Å². The van der Waals surface area contributed by atoms with Crippen LogP contribution in [0.15, 0.2) is 48.5 Å². The van der Waals surface area contributed by atoms with Gasteiger partial charge in [-0.05, 0) is 29.7 Å². The molecule has 122 valence electrons. The van der Waals surface area contributed by atoms with E-state index in [0.717, 1.165) is 16.9 Å². The summed E-state index contributed by atoms with van der Waals surface area (Å²) in [6.45, 7) is 5.34. The number of nitrogens with two attached hydrogens (primary N) is 1. The van der Waals surface area contributed by atoms with E-state index < -0.39 is 0 Å². The van der Waals surface area contributed by atoms with Crippen LogP contribution in [0.5, 0.6) is 5.75 Å². The van der Waals surface area contributed by atoms with E-state index in [9.17, 15) is 4.79 Å². The molecular formula is C19H24N2O2. The SMILES string of the molecule is CC(C)COc1ccccc1CNC(=O)Cc1ccc(N)cc1. The second-order valence-electron chi connectivity index (χ2n) is 6.01. The topological polar surface area (TPSA) is 64.3 Å². The number of rotatable bonds is 7. The van der Waals surface area contributed by atoms with Crippen LogP contribution >= 0.6 is 0 Å². The molecule has 2 aromatic rings. The Labute approximate surface area is 137 Å². The summed E-state index contributed by atoms with van der Waals surface area (Å²) in [5.74, 6) is 1.27. The average Bonchev–Trinajstić information content (AvgIpc) is 2.54. The van der Waals surface area contributed by atoms with Gasteiger partial charge in [0.1, 0.15) is 5.75 Å². The number of ether oxygens (including phenoxy) is 1. The monoisotopic (exact) mass is 312 g/mol. The van der Waals surface area contributed by atoms with Crippen LogP contribution in [0.1, 0.15) is 25.0 Å². The Morgan fingerprint density at radius 1 is 1.13 bits per heavy atom. The first kappa shape index (κ1) is 16.9. The number of amides is 1. The summed E-state index contributed by atoms with van der Waals surface area (Å²) in [4.78, 5) is 12.1. The Bertz CT molecular complexity index is 636. The molecule has 1 amide bonds. The fourth-order valence-electron chi connectivity index (χ4n) is 2.12. The Balaban J connectivity index is 1.89. The minimum absolute atomic E-state index is 0.0200. The third-order valence-electron chi connectivity index (χ3n) is 3.37. The van der Waals surface area contributed by atoms with Crippen LogP contribution in [-0.4, -0.2) is 12.5 Å². The van der Waals surface area contributed by atoms with Gasteiger partial charge in [-0.25, -0.2) is 0 Å². The van der Waals surface area contributed by atoms with Gasteiger partial charge in [0.25, 0.3) is 0 Å². The van der Waals surface area contributed by atoms with Crippen molar-refractivity contribution in [3.8, 4) is 5.75 Å². The van der Waals surface area contributed by atoms with Crippen molar-refractivity contribution in [2.45, 2.75) is 26.8 Å². The number of anilines is 1. The van der Waals surface area contributed by atoms with E-state index in [1.54, 1.807) is 12.1 Å². The van der Waals surface area contributed by atoms with Crippen molar-refractivity contribution in [2.24, 2.45) is 5.92 Å². The van der Waals surface area contributed by atoms with E-state index in [4.69, 9.17) is 10.5 Å². The lowest BCUT2D eigenvalue weighted by Crippen LogP contribution is -2.25. The van der Waals surface area contributed by atoms with Gasteiger partial charge in [-0.1, -0.05) is 44.2 Å². The molecule has 0 atom stereocenters. The second-order valence-corrected chi connectivity index (χ2v) is 6.01. The van der Waals surface area contributed by atoms with Crippen molar-refractivity contribution >= 4 is 11.6 Å². The molecule has 0 fully saturated rings. The highest BCUT2D eigenvalue weighted by atomic mass is 16.5. The van der Waals surface area contributed by atoms with Crippen molar-refractivity contribution in [3.05, 3.63) is 59.7 Å². The predicted molar refractivity (Wildman–Crippen MR) is 93.2 cm³/mol. The fraction of sp³-hybridized carbons (Fsp3) is 0.316. The van der Waals surface area contributed by atoms with E-state index in [-0.39, 0.29) is 5.91 Å². The minimum Gasteiger partial charge on any atom is -0.493 e. The number of benzene rings is 2. The fourth-order valence-corrected chi connectivity index (χ4v) is 2.12. The molecule has 0 spiro atoms. The van der Waals surface area contributed by atoms with Gasteiger partial charge in [0.2, 0.25) is 5.91 Å². The highest BCUT2D eigenvalue weighted by Gasteiger charge is 2.07. The van der Waals surface area contributed by atoms with E-state index in [1.165, 1.54) is 0 Å². The zero-order chi connectivity index (χ0) is 16.7. The van der Waals surface area contributed by atoms with Gasteiger partial charge in [-0.15, -0.1) is 0 Å². The lowest BCUT2D eigenvalue weighted by atomic mass is 10.1. The van der Waals surface area contributed by atoms with E-state index in [0.29, 0.717) is 31.2 Å². The van der Waals surface area contributed by atoms with Crippen LogP contribution < -0.4 is 15.8 Å². The molecule has 0 aliphatic heterocycles. The van der Waals surface area contributed by atoms with E-state index in [1.807, 2.05) is 36.4 Å². The Hall–Kier alpha value is -2.49. The number of carbonyl (C=O) groups excluding carboxylic acids is 1. The lowest BCUT2D eigenvalue weighted by Gasteiger charge is -2.13. The number of nitrogen functional groups attached to an aromatic ring is 1. The number of hydrogen-bond acceptors (Lipinski definition) is 3. The predicted octanol–water partition coefficient (Wildman–Crippen LogP) is 3.16. The van der Waals surface area contributed by atoms with Crippen molar-refractivity contribution in [1.82, 2.24) is 5.32 Å². The zero-order valence-corrected chi connectivity index (χ0v) is 13.7. The van der Waals surface area contributed by atoms with Gasteiger partial charge in [-0.3, -0.25) is 4.79 Å². The molecule has 23 heavy (non-hydrogen) atoms. The summed E-state index contributed by atoms with van der Waals surface area (Å²) >= 11 is 0. The first-order valence-electron chi connectivity index (χ1n) is 7.86. The summed E-state index contributed by atoms with van der Waals surface area (Å²) < 4.78 is 5.80. The minimum atomic E-state index is -0.0200. The van der Waals surface area contributed by atoms with Crippen molar-refractivity contribution < 1.29 is 9.53 Å². The highest BCUT2D eigenvalue weighted by molar-refractivity contribution is 5.78. The maximum Gasteiger partial charge on any atom is 0.224 e. The van der Waals surface area contributed by atoms with Gasteiger partial charge < -0.3 is 15.8 Å². The summed E-state index contributed by atoms with van der Waals surface area (Å²) in [6.07, 6.45) is 0.343. The van der Waals surface area contributed by atoms with E-state index >= 15 is 0 Å². The van der Waals surface area contributed by atoms with Crippen molar-refractivity contribution in [3.63, 3.8) is 0 Å². The van der Waals surface area contributed by atoms with Gasteiger partial charge in [0.15, 0.2) is 0 Å². The van der Waals surface area contributed by atoms with Gasteiger partial charge in [0, 0.05) is 17.8 Å². The van der Waals surface area contributed by atoms with Gasteiger partial charge in [0.05, 0.1) is 13.0 Å². The Morgan fingerprint density at radius 3 is 2.52 bits per heavy atom. The molecule has 4 heteroatoms. The first-order chi connectivity index (χ1) is 11.0. The molecule has 4 nitrogen and oxygen atoms in total. The molecule has 0 aliphatic rings. The first-order valence-corrected chi connectivity index (χ1v) is 7.86. The molecule has 0 bridgehead atoms.